The molecule has 1 amide bonds. The Morgan fingerprint density at radius 1 is 1.37 bits per heavy atom. The standard InChI is InChI=1S/C16H18N2O/c1-16-8-6-15(19)17-13(16)7-9-18-12-5-3-2-4-11(12)10-14(16)18/h2-5,10,13H,6-9H2,1H3,(H,17,19). The van der Waals surface area contributed by atoms with Crippen molar-refractivity contribution < 1.29 is 4.79 Å². The minimum Gasteiger partial charge on any atom is -0.352 e. The summed E-state index contributed by atoms with van der Waals surface area (Å²) < 4.78 is 2.45. The van der Waals surface area contributed by atoms with Crippen LogP contribution in [-0.2, 0) is 16.8 Å². The Balaban J connectivity index is 1.92. The Labute approximate surface area is 112 Å². The third kappa shape index (κ3) is 1.41. The quantitative estimate of drug-likeness (QED) is 0.770. The maximum Gasteiger partial charge on any atom is 0.220 e. The number of carbonyl (C=O) groups excluding carboxylic acids is 1. The predicted octanol–water partition coefficient (Wildman–Crippen LogP) is 2.58. The highest BCUT2D eigenvalue weighted by Gasteiger charge is 2.44. The van der Waals surface area contributed by atoms with Gasteiger partial charge in [-0.3, -0.25) is 4.79 Å². The number of amides is 1. The highest BCUT2D eigenvalue weighted by atomic mass is 16.1. The van der Waals surface area contributed by atoms with Gasteiger partial charge in [0.2, 0.25) is 5.91 Å². The lowest BCUT2D eigenvalue weighted by atomic mass is 9.70. The minimum atomic E-state index is 0.0885. The van der Waals surface area contributed by atoms with E-state index in [1.807, 2.05) is 0 Å². The lowest BCUT2D eigenvalue weighted by Crippen LogP contribution is -2.56. The van der Waals surface area contributed by atoms with Crippen molar-refractivity contribution in [1.29, 1.82) is 0 Å². The number of nitrogens with one attached hydrogen (secondary N) is 1. The van der Waals surface area contributed by atoms with E-state index in [1.165, 1.54) is 16.6 Å². The molecule has 3 heterocycles. The van der Waals surface area contributed by atoms with Crippen molar-refractivity contribution in [2.24, 2.45) is 0 Å². The Hall–Kier alpha value is -1.77. The molecule has 0 spiro atoms. The highest BCUT2D eigenvalue weighted by molar-refractivity contribution is 5.83. The number of hydrogen-bond acceptors (Lipinski definition) is 1. The van der Waals surface area contributed by atoms with Crippen LogP contribution in [0.1, 0.15) is 31.9 Å². The fraction of sp³-hybridized carbons (Fsp3) is 0.438. The van der Waals surface area contributed by atoms with Gasteiger partial charge < -0.3 is 9.88 Å². The molecule has 0 aliphatic carbocycles. The zero-order valence-corrected chi connectivity index (χ0v) is 11.1. The van der Waals surface area contributed by atoms with Gasteiger partial charge in [-0.25, -0.2) is 0 Å². The average molecular weight is 254 g/mol. The molecule has 1 N–H and O–H groups in total. The third-order valence-corrected chi connectivity index (χ3v) is 5.01. The van der Waals surface area contributed by atoms with Gasteiger partial charge in [-0.2, -0.15) is 0 Å². The van der Waals surface area contributed by atoms with Gasteiger partial charge in [-0.05, 0) is 30.4 Å². The molecule has 0 radical (unpaired) electrons. The van der Waals surface area contributed by atoms with E-state index in [1.54, 1.807) is 0 Å². The number of carbonyl (C=O) groups is 1. The molecule has 1 aromatic heterocycles. The number of piperidine rings is 1. The van der Waals surface area contributed by atoms with Gasteiger partial charge in [-0.1, -0.05) is 25.1 Å². The molecule has 0 saturated carbocycles. The van der Waals surface area contributed by atoms with Crippen LogP contribution in [-0.4, -0.2) is 16.5 Å². The number of aromatic nitrogens is 1. The summed E-state index contributed by atoms with van der Waals surface area (Å²) in [4.78, 5) is 11.6. The van der Waals surface area contributed by atoms with Crippen LogP contribution in [0.25, 0.3) is 10.9 Å². The molecule has 2 aromatic rings. The van der Waals surface area contributed by atoms with Gasteiger partial charge >= 0.3 is 0 Å². The van der Waals surface area contributed by atoms with Crippen LogP contribution in [0.3, 0.4) is 0 Å². The minimum absolute atomic E-state index is 0.0885. The maximum absolute atomic E-state index is 11.6. The molecule has 2 aliphatic rings. The zero-order valence-electron chi connectivity index (χ0n) is 11.1. The van der Waals surface area contributed by atoms with E-state index in [0.29, 0.717) is 12.5 Å². The Bertz CT molecular complexity index is 672. The molecule has 2 aliphatic heterocycles. The van der Waals surface area contributed by atoms with E-state index in [-0.39, 0.29) is 11.3 Å². The summed E-state index contributed by atoms with van der Waals surface area (Å²) in [6, 6.07) is 11.2. The zero-order chi connectivity index (χ0) is 13.0. The summed E-state index contributed by atoms with van der Waals surface area (Å²) in [6.45, 7) is 3.31. The number of para-hydroxylation sites is 1. The first-order valence-electron chi connectivity index (χ1n) is 7.06. The van der Waals surface area contributed by atoms with Crippen LogP contribution in [0.2, 0.25) is 0 Å². The fourth-order valence-electron chi connectivity index (χ4n) is 3.85. The highest BCUT2D eigenvalue weighted by Crippen LogP contribution is 2.42. The van der Waals surface area contributed by atoms with Crippen molar-refractivity contribution in [3.8, 4) is 0 Å². The summed E-state index contributed by atoms with van der Waals surface area (Å²) in [5.41, 5.74) is 2.81. The Kier molecular flexibility index (Phi) is 2.12. The smallest absolute Gasteiger partial charge is 0.220 e. The second-order valence-corrected chi connectivity index (χ2v) is 6.07. The summed E-state index contributed by atoms with van der Waals surface area (Å²) in [7, 11) is 0. The van der Waals surface area contributed by atoms with Gasteiger partial charge in [0.25, 0.3) is 0 Å². The van der Waals surface area contributed by atoms with Crippen LogP contribution < -0.4 is 5.32 Å². The molecule has 98 valence electrons. The molecule has 4 rings (SSSR count). The molecule has 3 heteroatoms. The molecule has 1 aromatic carbocycles. The van der Waals surface area contributed by atoms with Gasteiger partial charge in [0.15, 0.2) is 0 Å². The number of hydrogen-bond donors (Lipinski definition) is 1. The number of benzene rings is 1. The summed E-state index contributed by atoms with van der Waals surface area (Å²) in [5, 5.41) is 4.51. The van der Waals surface area contributed by atoms with Gasteiger partial charge in [-0.15, -0.1) is 0 Å². The summed E-state index contributed by atoms with van der Waals surface area (Å²) in [5.74, 6) is 0.215. The average Bonchev–Trinajstić information content (AvgIpc) is 2.80. The van der Waals surface area contributed by atoms with Crippen molar-refractivity contribution in [3.63, 3.8) is 0 Å². The number of rotatable bonds is 0. The van der Waals surface area contributed by atoms with Crippen molar-refractivity contribution in [1.82, 2.24) is 9.88 Å². The molecule has 2 unspecified atom stereocenters. The van der Waals surface area contributed by atoms with Gasteiger partial charge in [0.05, 0.1) is 0 Å². The molecule has 1 saturated heterocycles. The van der Waals surface area contributed by atoms with E-state index in [9.17, 15) is 4.79 Å². The van der Waals surface area contributed by atoms with Gasteiger partial charge in [0.1, 0.15) is 0 Å². The van der Waals surface area contributed by atoms with Gasteiger partial charge in [0, 0.05) is 35.6 Å². The molecule has 2 atom stereocenters. The molecular weight excluding hydrogens is 236 g/mol. The van der Waals surface area contributed by atoms with Crippen LogP contribution in [0.15, 0.2) is 30.3 Å². The molecule has 1 fully saturated rings. The van der Waals surface area contributed by atoms with Crippen molar-refractivity contribution in [3.05, 3.63) is 36.0 Å². The molecule has 19 heavy (non-hydrogen) atoms. The van der Waals surface area contributed by atoms with Crippen LogP contribution in [0.4, 0.5) is 0 Å². The maximum atomic E-state index is 11.6. The first-order chi connectivity index (χ1) is 9.18. The van der Waals surface area contributed by atoms with E-state index < -0.39 is 0 Å². The van der Waals surface area contributed by atoms with E-state index in [2.05, 4.69) is 47.1 Å². The second-order valence-electron chi connectivity index (χ2n) is 6.07. The normalized spacial score (nSPS) is 29.7. The second kappa shape index (κ2) is 3.62. The first-order valence-corrected chi connectivity index (χ1v) is 7.06. The number of aryl methyl sites for hydroxylation is 1. The van der Waals surface area contributed by atoms with Crippen LogP contribution >= 0.6 is 0 Å². The third-order valence-electron chi connectivity index (χ3n) is 5.01. The summed E-state index contributed by atoms with van der Waals surface area (Å²) in [6.07, 6.45) is 2.64. The van der Waals surface area contributed by atoms with E-state index in [0.717, 1.165) is 19.4 Å². The lowest BCUT2D eigenvalue weighted by Gasteiger charge is -2.45. The molecule has 0 bridgehead atoms. The number of fused-ring (bicyclic) bond motifs is 5. The van der Waals surface area contributed by atoms with Crippen LogP contribution in [0.5, 0.6) is 0 Å². The van der Waals surface area contributed by atoms with Crippen molar-refractivity contribution >= 4 is 16.8 Å². The topological polar surface area (TPSA) is 34.0 Å². The monoisotopic (exact) mass is 254 g/mol. The largest absolute Gasteiger partial charge is 0.352 e. The van der Waals surface area contributed by atoms with Crippen molar-refractivity contribution in [2.75, 3.05) is 0 Å². The van der Waals surface area contributed by atoms with Crippen molar-refractivity contribution in [2.45, 2.75) is 44.2 Å². The molecule has 3 nitrogen and oxygen atoms in total. The summed E-state index contributed by atoms with van der Waals surface area (Å²) >= 11 is 0. The Morgan fingerprint density at radius 3 is 3.11 bits per heavy atom. The fourth-order valence-corrected chi connectivity index (χ4v) is 3.85. The molecular formula is C16H18N2O. The SMILES string of the molecule is CC12CCC(=O)NC1CCn1c2cc2ccccc21. The van der Waals surface area contributed by atoms with E-state index >= 15 is 0 Å². The first kappa shape index (κ1) is 11.1. The predicted molar refractivity (Wildman–Crippen MR) is 75.1 cm³/mol. The number of nitrogens with zero attached hydrogens (tertiary/aromatic N) is 1. The Morgan fingerprint density at radius 2 is 2.21 bits per heavy atom. The van der Waals surface area contributed by atoms with Crippen LogP contribution in [0, 0.1) is 0 Å². The van der Waals surface area contributed by atoms with E-state index in [4.69, 9.17) is 0 Å². The lowest BCUT2D eigenvalue weighted by molar-refractivity contribution is -0.125.